The van der Waals surface area contributed by atoms with Crippen LogP contribution < -0.4 is 20.4 Å². The maximum absolute atomic E-state index is 11.9. The summed E-state index contributed by atoms with van der Waals surface area (Å²) in [7, 11) is 1.47. The number of anilines is 2. The number of methoxy groups -OCH3 is 1. The summed E-state index contributed by atoms with van der Waals surface area (Å²) < 4.78 is 10.9. The van der Waals surface area contributed by atoms with E-state index in [4.69, 9.17) is 14.3 Å². The second-order valence-corrected chi connectivity index (χ2v) is 7.62. The molecule has 1 unspecified atom stereocenters. The molecule has 0 aliphatic carbocycles. The third-order valence-corrected chi connectivity index (χ3v) is 5.48. The Labute approximate surface area is 189 Å². The van der Waals surface area contributed by atoms with Crippen molar-refractivity contribution in [3.05, 3.63) is 58.4 Å². The molecular formula is C21H23N7O5. The first-order valence-corrected chi connectivity index (χ1v) is 10.5. The van der Waals surface area contributed by atoms with E-state index < -0.39 is 6.48 Å². The summed E-state index contributed by atoms with van der Waals surface area (Å²) in [6.07, 6.45) is 1.41. The fourth-order valence-corrected chi connectivity index (χ4v) is 3.91. The van der Waals surface area contributed by atoms with Gasteiger partial charge < -0.3 is 19.7 Å². The molecule has 12 heteroatoms. The van der Waals surface area contributed by atoms with Crippen LogP contribution in [0.1, 0.15) is 5.56 Å². The number of aromatic nitrogens is 2. The third kappa shape index (κ3) is 4.50. The molecule has 33 heavy (non-hydrogen) atoms. The average molecular weight is 453 g/mol. The van der Waals surface area contributed by atoms with Crippen molar-refractivity contribution in [3.8, 4) is 5.75 Å². The number of nitro groups is 1. The smallest absolute Gasteiger partial charge is 0.333 e. The predicted molar refractivity (Wildman–Crippen MR) is 119 cm³/mol. The topological polar surface area (TPSA) is 127 Å². The van der Waals surface area contributed by atoms with E-state index in [1.807, 2.05) is 29.2 Å². The number of nitrogens with zero attached hydrogens (tertiary/aromatic N) is 5. The van der Waals surface area contributed by atoms with Gasteiger partial charge in [0.05, 0.1) is 22.4 Å². The zero-order chi connectivity index (χ0) is 22.8. The Hall–Kier alpha value is -3.58. The lowest BCUT2D eigenvalue weighted by atomic mass is 10.1. The molecule has 2 aliphatic rings. The van der Waals surface area contributed by atoms with Crippen LogP contribution in [0.4, 0.5) is 17.2 Å². The molecule has 2 N–H and O–H groups in total. The minimum Gasteiger partial charge on any atom is -0.440 e. The van der Waals surface area contributed by atoms with E-state index >= 15 is 0 Å². The Morgan fingerprint density at radius 2 is 2.09 bits per heavy atom. The number of hydrogen-bond acceptors (Lipinski definition) is 11. The lowest BCUT2D eigenvalue weighted by molar-refractivity contribution is -0.384. The normalized spacial score (nSPS) is 18.9. The molecule has 12 nitrogen and oxygen atoms in total. The van der Waals surface area contributed by atoms with Gasteiger partial charge in [-0.3, -0.25) is 15.5 Å². The number of benzene rings is 2. The Morgan fingerprint density at radius 1 is 1.24 bits per heavy atom. The van der Waals surface area contributed by atoms with Gasteiger partial charge in [-0.05, 0) is 23.8 Å². The van der Waals surface area contributed by atoms with Crippen LogP contribution in [0.5, 0.6) is 5.75 Å². The molecule has 1 atom stereocenters. The summed E-state index contributed by atoms with van der Waals surface area (Å²) in [5.41, 5.74) is 5.15. The molecule has 3 heterocycles. The van der Waals surface area contributed by atoms with Crippen molar-refractivity contribution in [3.63, 3.8) is 0 Å². The number of nitrogens with one attached hydrogen (secondary N) is 2. The van der Waals surface area contributed by atoms with Gasteiger partial charge in [-0.15, -0.1) is 0 Å². The molecule has 2 aromatic carbocycles. The van der Waals surface area contributed by atoms with Crippen LogP contribution in [0.2, 0.25) is 0 Å². The lowest BCUT2D eigenvalue weighted by Crippen LogP contribution is -2.43. The standard InChI is InChI=1S/C21H23N7O5/c1-31-21-32-15-4-2-3-14(9-15)12-27(33-21)25-20-16-10-19(28(29)30)18(11-17(16)23-13-24-20)26-7-5-22-6-8-26/h2-4,9-11,13,21-22H,5-8,12H2,1H3,(H,23,24,25). The van der Waals surface area contributed by atoms with E-state index in [0.717, 1.165) is 18.7 Å². The van der Waals surface area contributed by atoms with Crippen molar-refractivity contribution in [1.29, 1.82) is 0 Å². The van der Waals surface area contributed by atoms with Gasteiger partial charge in [0.1, 0.15) is 17.8 Å². The minimum absolute atomic E-state index is 0.00152. The maximum atomic E-state index is 11.9. The summed E-state index contributed by atoms with van der Waals surface area (Å²) in [4.78, 5) is 28.0. The number of hydrogen-bond donors (Lipinski definition) is 2. The quantitative estimate of drug-likeness (QED) is 0.435. The van der Waals surface area contributed by atoms with E-state index in [-0.39, 0.29) is 10.6 Å². The van der Waals surface area contributed by atoms with Gasteiger partial charge in [0, 0.05) is 39.4 Å². The highest BCUT2D eigenvalue weighted by Gasteiger charge is 2.25. The molecule has 2 bridgehead atoms. The zero-order valence-corrected chi connectivity index (χ0v) is 17.9. The Morgan fingerprint density at radius 3 is 2.88 bits per heavy atom. The first kappa shape index (κ1) is 21.3. The molecule has 0 radical (unpaired) electrons. The molecule has 1 saturated heterocycles. The van der Waals surface area contributed by atoms with Gasteiger partial charge in [-0.25, -0.2) is 14.8 Å². The summed E-state index contributed by atoms with van der Waals surface area (Å²) in [5, 5.41) is 17.1. The van der Waals surface area contributed by atoms with Crippen LogP contribution in [-0.2, 0) is 16.1 Å². The zero-order valence-electron chi connectivity index (χ0n) is 17.9. The molecule has 1 fully saturated rings. The van der Waals surface area contributed by atoms with Crippen LogP contribution in [0.3, 0.4) is 0 Å². The van der Waals surface area contributed by atoms with E-state index in [1.165, 1.54) is 24.7 Å². The van der Waals surface area contributed by atoms with Crippen molar-refractivity contribution in [1.82, 2.24) is 20.5 Å². The van der Waals surface area contributed by atoms with E-state index in [2.05, 4.69) is 20.7 Å². The Balaban J connectivity index is 1.50. The number of hydrazine groups is 1. The number of piperazine rings is 1. The largest absolute Gasteiger partial charge is 0.440 e. The second kappa shape index (κ2) is 9.11. The molecule has 172 valence electrons. The van der Waals surface area contributed by atoms with Gasteiger partial charge in [-0.2, -0.15) is 0 Å². The highest BCUT2D eigenvalue weighted by atomic mass is 16.9. The van der Waals surface area contributed by atoms with E-state index in [0.29, 0.717) is 47.8 Å². The number of hydroxylamine groups is 1. The monoisotopic (exact) mass is 453 g/mol. The van der Waals surface area contributed by atoms with Crippen LogP contribution in [0.25, 0.3) is 10.9 Å². The molecule has 3 aromatic rings. The van der Waals surface area contributed by atoms with E-state index in [1.54, 1.807) is 6.07 Å². The van der Waals surface area contributed by atoms with Crippen LogP contribution in [0.15, 0.2) is 42.7 Å². The van der Waals surface area contributed by atoms with Gasteiger partial charge in [-0.1, -0.05) is 17.3 Å². The second-order valence-electron chi connectivity index (χ2n) is 7.62. The van der Waals surface area contributed by atoms with Gasteiger partial charge in [0.15, 0.2) is 5.82 Å². The van der Waals surface area contributed by atoms with Crippen molar-refractivity contribution in [2.75, 3.05) is 43.6 Å². The van der Waals surface area contributed by atoms with Crippen LogP contribution in [-0.4, -0.2) is 59.8 Å². The fourth-order valence-electron chi connectivity index (χ4n) is 3.91. The Bertz CT molecular complexity index is 1170. The molecular weight excluding hydrogens is 430 g/mol. The van der Waals surface area contributed by atoms with Crippen LogP contribution >= 0.6 is 0 Å². The van der Waals surface area contributed by atoms with Crippen molar-refractivity contribution < 1.29 is 19.2 Å². The molecule has 0 amide bonds. The molecule has 1 aromatic heterocycles. The number of rotatable bonds is 5. The fraction of sp³-hybridized carbons (Fsp3) is 0.333. The molecule has 0 saturated carbocycles. The van der Waals surface area contributed by atoms with Gasteiger partial charge >= 0.3 is 6.48 Å². The summed E-state index contributed by atoms with van der Waals surface area (Å²) in [5.74, 6) is 0.990. The van der Waals surface area contributed by atoms with E-state index in [9.17, 15) is 10.1 Å². The maximum Gasteiger partial charge on any atom is 0.333 e. The Kier molecular flexibility index (Phi) is 5.88. The predicted octanol–water partition coefficient (Wildman–Crippen LogP) is 2.03. The minimum atomic E-state index is -0.991. The SMILES string of the molecule is COC1Oc2cccc(c2)CN(Nc2ncnc3cc(N4CCNCC4)c([N+](=O)[O-])cc23)O1. The summed E-state index contributed by atoms with van der Waals surface area (Å²) in [6, 6.07) is 10.7. The number of ether oxygens (including phenoxy) is 2. The molecule has 2 aliphatic heterocycles. The lowest BCUT2D eigenvalue weighted by Gasteiger charge is -2.30. The van der Waals surface area contributed by atoms with Crippen LogP contribution in [0, 0.1) is 10.1 Å². The van der Waals surface area contributed by atoms with Crippen molar-refractivity contribution >= 4 is 28.1 Å². The highest BCUT2D eigenvalue weighted by molar-refractivity contribution is 5.94. The van der Waals surface area contributed by atoms with Gasteiger partial charge in [0.2, 0.25) is 0 Å². The first-order valence-electron chi connectivity index (χ1n) is 10.5. The highest BCUT2D eigenvalue weighted by Crippen LogP contribution is 2.35. The van der Waals surface area contributed by atoms with Crippen molar-refractivity contribution in [2.24, 2.45) is 0 Å². The summed E-state index contributed by atoms with van der Waals surface area (Å²) in [6.45, 7) is 2.26. The molecule has 5 rings (SSSR count). The first-order chi connectivity index (χ1) is 16.1. The van der Waals surface area contributed by atoms with Crippen molar-refractivity contribution in [2.45, 2.75) is 13.0 Å². The number of nitro benzene ring substituents is 1. The van der Waals surface area contributed by atoms with Gasteiger partial charge in [0.25, 0.3) is 5.69 Å². The average Bonchev–Trinajstić information content (AvgIpc) is 2.83. The summed E-state index contributed by atoms with van der Waals surface area (Å²) >= 11 is 0. The third-order valence-electron chi connectivity index (χ3n) is 5.48. The number of fused-ring (bicyclic) bond motifs is 3. The molecule has 0 spiro atoms.